The van der Waals surface area contributed by atoms with Crippen LogP contribution in [-0.2, 0) is 0 Å². The third-order valence-electron chi connectivity index (χ3n) is 3.72. The Hall–Kier alpha value is 0. The van der Waals surface area contributed by atoms with Crippen LogP contribution in [0.2, 0.25) is 0 Å². The molecule has 0 saturated heterocycles. The zero-order chi connectivity index (χ0) is 9.52. The maximum Gasteiger partial charge on any atom is -0.0388 e. The molecule has 0 aromatic rings. The molecule has 0 nitrogen and oxygen atoms in total. The van der Waals surface area contributed by atoms with Gasteiger partial charge in [-0.2, -0.15) is 0 Å². The summed E-state index contributed by atoms with van der Waals surface area (Å²) in [5.74, 6) is 2.12. The molecule has 0 spiro atoms. The smallest absolute Gasteiger partial charge is 0.0388 e. The number of hydrogen-bond donors (Lipinski definition) is 0. The second-order valence-corrected chi connectivity index (χ2v) is 4.87. The molecule has 1 unspecified atom stereocenters. The van der Waals surface area contributed by atoms with Crippen molar-refractivity contribution in [1.29, 1.82) is 0 Å². The van der Waals surface area contributed by atoms with Crippen molar-refractivity contribution in [3.8, 4) is 0 Å². The molecular weight excluding hydrogens is 156 g/mol. The first-order valence-corrected chi connectivity index (χ1v) is 6.34. The molecule has 1 fully saturated rings. The Morgan fingerprint density at radius 1 is 1.00 bits per heavy atom. The summed E-state index contributed by atoms with van der Waals surface area (Å²) in [6.45, 7) is 4.74. The lowest BCUT2D eigenvalue weighted by molar-refractivity contribution is 0.374. The molecule has 0 heteroatoms. The van der Waals surface area contributed by atoms with Gasteiger partial charge in [0.2, 0.25) is 0 Å². The summed E-state index contributed by atoms with van der Waals surface area (Å²) in [6.07, 6.45) is 13.3. The van der Waals surface area contributed by atoms with Gasteiger partial charge in [-0.25, -0.2) is 0 Å². The van der Waals surface area contributed by atoms with Gasteiger partial charge in [-0.3, -0.25) is 0 Å². The summed E-state index contributed by atoms with van der Waals surface area (Å²) in [5, 5.41) is 0. The second-order valence-electron chi connectivity index (χ2n) is 4.87. The highest BCUT2D eigenvalue weighted by atomic mass is 14.3. The quantitative estimate of drug-likeness (QED) is 0.518. The van der Waals surface area contributed by atoms with E-state index in [1.54, 1.807) is 0 Å². The topological polar surface area (TPSA) is 0 Å². The maximum atomic E-state index is 2.45. The summed E-state index contributed by atoms with van der Waals surface area (Å²) in [6, 6.07) is 0. The molecule has 0 heterocycles. The van der Waals surface area contributed by atoms with Crippen molar-refractivity contribution in [2.24, 2.45) is 11.8 Å². The highest BCUT2D eigenvalue weighted by Crippen LogP contribution is 2.34. The molecule has 0 bridgehead atoms. The van der Waals surface area contributed by atoms with Crippen LogP contribution in [-0.4, -0.2) is 0 Å². The molecule has 0 radical (unpaired) electrons. The Kier molecular flexibility index (Phi) is 5.50. The van der Waals surface area contributed by atoms with Gasteiger partial charge >= 0.3 is 0 Å². The van der Waals surface area contributed by atoms with E-state index in [9.17, 15) is 0 Å². The molecule has 1 aliphatic carbocycles. The molecule has 0 amide bonds. The molecule has 78 valence electrons. The molecule has 0 N–H and O–H groups in total. The van der Waals surface area contributed by atoms with Gasteiger partial charge in [0.25, 0.3) is 0 Å². The van der Waals surface area contributed by atoms with Gasteiger partial charge in [0.05, 0.1) is 0 Å². The molecule has 0 aromatic heterocycles. The van der Waals surface area contributed by atoms with Crippen molar-refractivity contribution >= 4 is 0 Å². The average Bonchev–Trinajstić information content (AvgIpc) is 2.52. The van der Waals surface area contributed by atoms with Gasteiger partial charge in [-0.15, -0.1) is 0 Å². The standard InChI is InChI=1S/C13H26/c1-3-4-5-6-7-10-13-11-8-9-12(13)2/h12-13H,3-11H2,1-2H3/t12?,13-/m0/s1. The van der Waals surface area contributed by atoms with Crippen molar-refractivity contribution in [2.75, 3.05) is 0 Å². The fourth-order valence-electron chi connectivity index (χ4n) is 2.66. The van der Waals surface area contributed by atoms with Crippen molar-refractivity contribution in [3.05, 3.63) is 0 Å². The van der Waals surface area contributed by atoms with E-state index in [0.717, 1.165) is 11.8 Å². The Morgan fingerprint density at radius 2 is 1.77 bits per heavy atom. The van der Waals surface area contributed by atoms with E-state index in [-0.39, 0.29) is 0 Å². The number of rotatable bonds is 6. The highest BCUT2D eigenvalue weighted by molar-refractivity contribution is 4.73. The van der Waals surface area contributed by atoms with E-state index in [0.29, 0.717) is 0 Å². The number of hydrogen-bond acceptors (Lipinski definition) is 0. The minimum Gasteiger partial charge on any atom is -0.0654 e. The normalized spacial score (nSPS) is 28.2. The first kappa shape index (κ1) is 11.1. The summed E-state index contributed by atoms with van der Waals surface area (Å²) >= 11 is 0. The van der Waals surface area contributed by atoms with E-state index in [4.69, 9.17) is 0 Å². The van der Waals surface area contributed by atoms with E-state index >= 15 is 0 Å². The van der Waals surface area contributed by atoms with E-state index < -0.39 is 0 Å². The SMILES string of the molecule is CCCCCCC[C@H]1CCCC1C. The first-order chi connectivity index (χ1) is 6.34. The minimum atomic E-state index is 1.03. The van der Waals surface area contributed by atoms with Gasteiger partial charge in [-0.05, 0) is 11.8 Å². The van der Waals surface area contributed by atoms with Gasteiger partial charge in [-0.1, -0.05) is 71.6 Å². The fraction of sp³-hybridized carbons (Fsp3) is 1.00. The molecular formula is C13H26. The van der Waals surface area contributed by atoms with Crippen molar-refractivity contribution < 1.29 is 0 Å². The van der Waals surface area contributed by atoms with Crippen LogP contribution in [0.5, 0.6) is 0 Å². The zero-order valence-corrected chi connectivity index (χ0v) is 9.52. The Balaban J connectivity index is 1.93. The van der Waals surface area contributed by atoms with Gasteiger partial charge in [0.1, 0.15) is 0 Å². The van der Waals surface area contributed by atoms with E-state index in [2.05, 4.69) is 13.8 Å². The lowest BCUT2D eigenvalue weighted by atomic mass is 9.92. The number of unbranched alkanes of at least 4 members (excludes halogenated alkanes) is 4. The summed E-state index contributed by atoms with van der Waals surface area (Å²) in [7, 11) is 0. The lowest BCUT2D eigenvalue weighted by Gasteiger charge is -2.14. The molecule has 13 heavy (non-hydrogen) atoms. The molecule has 0 aromatic carbocycles. The second kappa shape index (κ2) is 6.45. The first-order valence-electron chi connectivity index (χ1n) is 6.34. The molecule has 1 aliphatic rings. The van der Waals surface area contributed by atoms with E-state index in [1.165, 1.54) is 57.8 Å². The monoisotopic (exact) mass is 182 g/mol. The highest BCUT2D eigenvalue weighted by Gasteiger charge is 2.22. The van der Waals surface area contributed by atoms with Crippen molar-refractivity contribution in [1.82, 2.24) is 0 Å². The molecule has 1 rings (SSSR count). The van der Waals surface area contributed by atoms with Crippen LogP contribution in [0.3, 0.4) is 0 Å². The Morgan fingerprint density at radius 3 is 2.38 bits per heavy atom. The third-order valence-corrected chi connectivity index (χ3v) is 3.72. The zero-order valence-electron chi connectivity index (χ0n) is 9.52. The van der Waals surface area contributed by atoms with Gasteiger partial charge in [0, 0.05) is 0 Å². The van der Waals surface area contributed by atoms with Crippen LogP contribution < -0.4 is 0 Å². The minimum absolute atomic E-state index is 1.03. The summed E-state index contributed by atoms with van der Waals surface area (Å²) in [4.78, 5) is 0. The van der Waals surface area contributed by atoms with Crippen LogP contribution >= 0.6 is 0 Å². The average molecular weight is 182 g/mol. The molecule has 0 aliphatic heterocycles. The maximum absolute atomic E-state index is 2.45. The van der Waals surface area contributed by atoms with Crippen LogP contribution in [0.4, 0.5) is 0 Å². The van der Waals surface area contributed by atoms with Crippen LogP contribution in [0.15, 0.2) is 0 Å². The summed E-state index contributed by atoms with van der Waals surface area (Å²) < 4.78 is 0. The van der Waals surface area contributed by atoms with Crippen LogP contribution in [0.1, 0.15) is 71.6 Å². The molecule has 1 saturated carbocycles. The largest absolute Gasteiger partial charge is 0.0654 e. The van der Waals surface area contributed by atoms with Crippen molar-refractivity contribution in [2.45, 2.75) is 71.6 Å². The van der Waals surface area contributed by atoms with Gasteiger partial charge in [0.15, 0.2) is 0 Å². The van der Waals surface area contributed by atoms with E-state index in [1.807, 2.05) is 0 Å². The third kappa shape index (κ3) is 4.15. The Bertz CT molecular complexity index is 117. The van der Waals surface area contributed by atoms with Crippen LogP contribution in [0, 0.1) is 11.8 Å². The Labute approximate surface area is 84.1 Å². The summed E-state index contributed by atoms with van der Waals surface area (Å²) in [5.41, 5.74) is 0. The van der Waals surface area contributed by atoms with Crippen molar-refractivity contribution in [3.63, 3.8) is 0 Å². The lowest BCUT2D eigenvalue weighted by Crippen LogP contribution is -2.03. The molecule has 2 atom stereocenters. The predicted octanol–water partition coefficient (Wildman–Crippen LogP) is 4.78. The predicted molar refractivity (Wildman–Crippen MR) is 59.9 cm³/mol. The van der Waals surface area contributed by atoms with Gasteiger partial charge < -0.3 is 0 Å². The van der Waals surface area contributed by atoms with Crippen LogP contribution in [0.25, 0.3) is 0 Å². The fourth-order valence-corrected chi connectivity index (χ4v) is 2.66.